The van der Waals surface area contributed by atoms with Crippen LogP contribution >= 0.6 is 0 Å². The molecule has 0 N–H and O–H groups in total. The van der Waals surface area contributed by atoms with Crippen LogP contribution < -0.4 is 0 Å². The molecule has 0 radical (unpaired) electrons. The molecule has 0 saturated carbocycles. The molecule has 0 fully saturated rings. The molecule has 2 heteroatoms. The lowest BCUT2D eigenvalue weighted by Gasteiger charge is -1.89. The van der Waals surface area contributed by atoms with E-state index in [1.54, 1.807) is 6.08 Å². The van der Waals surface area contributed by atoms with E-state index in [4.69, 9.17) is 0 Å². The van der Waals surface area contributed by atoms with E-state index in [2.05, 4.69) is 4.74 Å². The molecule has 0 spiro atoms. The van der Waals surface area contributed by atoms with Crippen molar-refractivity contribution in [3.8, 4) is 0 Å². The van der Waals surface area contributed by atoms with E-state index >= 15 is 0 Å². The van der Waals surface area contributed by atoms with Gasteiger partial charge in [0.15, 0.2) is 12.2 Å². The molecular weight excluding hydrogens is 152 g/mol. The van der Waals surface area contributed by atoms with Gasteiger partial charge in [0.25, 0.3) is 0 Å². The van der Waals surface area contributed by atoms with Gasteiger partial charge >= 0.3 is 0 Å². The summed E-state index contributed by atoms with van der Waals surface area (Å²) in [5, 5.41) is 0. The molecule has 0 heterocycles. The van der Waals surface area contributed by atoms with Crippen LogP contribution in [0.15, 0.2) is 42.9 Å². The maximum atomic E-state index is 9.68. The van der Waals surface area contributed by atoms with E-state index in [1.165, 1.54) is 12.2 Å². The lowest BCUT2D eigenvalue weighted by molar-refractivity contribution is 0.406. The first kappa shape index (κ1) is 8.31. The fraction of sp³-hybridized carbons (Fsp3) is 0. The van der Waals surface area contributed by atoms with Gasteiger partial charge in [0.1, 0.15) is 0 Å². The number of rotatable bonds is 3. The van der Waals surface area contributed by atoms with Gasteiger partial charge in [-0.25, -0.2) is 4.79 Å². The molecule has 0 atom stereocenters. The van der Waals surface area contributed by atoms with E-state index in [0.717, 1.165) is 11.8 Å². The minimum atomic E-state index is 0.958. The third-order valence-electron chi connectivity index (χ3n) is 1.25. The molecule has 60 valence electrons. The van der Waals surface area contributed by atoms with Crippen molar-refractivity contribution in [1.29, 1.82) is 0 Å². The molecule has 1 aromatic carbocycles. The smallest absolute Gasteiger partial charge is 0.173 e. The zero-order valence-corrected chi connectivity index (χ0v) is 6.44. The van der Waals surface area contributed by atoms with Gasteiger partial charge in [0.05, 0.1) is 6.26 Å². The summed E-state index contributed by atoms with van der Waals surface area (Å²) in [6.07, 6.45) is 4.15. The molecule has 0 aromatic heterocycles. The molecular formula is C10H8O2. The van der Waals surface area contributed by atoms with Gasteiger partial charge in [-0.05, 0) is 11.6 Å². The Labute approximate surface area is 70.8 Å². The van der Waals surface area contributed by atoms with Crippen LogP contribution in [-0.2, 0) is 9.53 Å². The van der Waals surface area contributed by atoms with Crippen LogP contribution in [0.3, 0.4) is 0 Å². The summed E-state index contributed by atoms with van der Waals surface area (Å²) in [6, 6.07) is 9.66. The minimum Gasteiger partial charge on any atom is -0.461 e. The summed E-state index contributed by atoms with van der Waals surface area (Å²) in [7, 11) is 0. The second-order valence-corrected chi connectivity index (χ2v) is 2.09. The van der Waals surface area contributed by atoms with Gasteiger partial charge in [0, 0.05) is 0 Å². The van der Waals surface area contributed by atoms with Crippen LogP contribution in [0.4, 0.5) is 0 Å². The third-order valence-corrected chi connectivity index (χ3v) is 1.25. The summed E-state index contributed by atoms with van der Waals surface area (Å²) < 4.78 is 4.66. The molecule has 0 aliphatic carbocycles. The first-order valence-corrected chi connectivity index (χ1v) is 3.50. The van der Waals surface area contributed by atoms with Crippen molar-refractivity contribution in [1.82, 2.24) is 0 Å². The standard InChI is InChI=1S/C10H8O2/c11-7-9-12-8-6-10-4-2-1-3-5-10/h1-6,8-9H. The van der Waals surface area contributed by atoms with Crippen LogP contribution in [0.5, 0.6) is 0 Å². The Morgan fingerprint density at radius 1 is 1.25 bits per heavy atom. The Morgan fingerprint density at radius 3 is 2.67 bits per heavy atom. The molecule has 0 amide bonds. The minimum absolute atomic E-state index is 0.958. The largest absolute Gasteiger partial charge is 0.461 e. The Morgan fingerprint density at radius 2 is 2.00 bits per heavy atom. The number of carbonyl (C=O) groups excluding carboxylic acids is 1. The third kappa shape index (κ3) is 2.86. The van der Waals surface area contributed by atoms with Gasteiger partial charge in [-0.2, -0.15) is 0 Å². The molecule has 0 bridgehead atoms. The predicted molar refractivity (Wildman–Crippen MR) is 46.8 cm³/mol. The van der Waals surface area contributed by atoms with Crippen LogP contribution in [0.1, 0.15) is 5.56 Å². The second-order valence-electron chi connectivity index (χ2n) is 2.09. The average Bonchev–Trinajstić information content (AvgIpc) is 2.14. The van der Waals surface area contributed by atoms with Crippen LogP contribution in [0.25, 0.3) is 6.08 Å². The van der Waals surface area contributed by atoms with Crippen molar-refractivity contribution >= 4 is 12.0 Å². The van der Waals surface area contributed by atoms with E-state index in [1.807, 2.05) is 30.3 Å². The molecule has 12 heavy (non-hydrogen) atoms. The maximum absolute atomic E-state index is 9.68. The summed E-state index contributed by atoms with van der Waals surface area (Å²) in [6.45, 7) is 0. The van der Waals surface area contributed by atoms with Crippen LogP contribution in [0, 0.1) is 0 Å². The predicted octanol–water partition coefficient (Wildman–Crippen LogP) is 2.02. The summed E-state index contributed by atoms with van der Waals surface area (Å²) in [4.78, 5) is 9.68. The fourth-order valence-corrected chi connectivity index (χ4v) is 0.749. The summed E-state index contributed by atoms with van der Waals surface area (Å²) >= 11 is 0. The number of hydrogen-bond donors (Lipinski definition) is 0. The Balaban J connectivity index is 2.52. The van der Waals surface area contributed by atoms with Crippen molar-refractivity contribution in [3.63, 3.8) is 0 Å². The van der Waals surface area contributed by atoms with Gasteiger partial charge in [-0.1, -0.05) is 30.3 Å². The first-order valence-electron chi connectivity index (χ1n) is 3.50. The number of hydrogen-bond acceptors (Lipinski definition) is 2. The molecule has 1 aromatic rings. The molecule has 0 aliphatic heterocycles. The Hall–Kier alpha value is -1.79. The first-order chi connectivity index (χ1) is 5.93. The number of ether oxygens (including phenoxy) is 1. The van der Waals surface area contributed by atoms with Crippen LogP contribution in [0.2, 0.25) is 0 Å². The van der Waals surface area contributed by atoms with E-state index in [0.29, 0.717) is 0 Å². The van der Waals surface area contributed by atoms with Crippen LogP contribution in [-0.4, -0.2) is 5.94 Å². The van der Waals surface area contributed by atoms with Crippen molar-refractivity contribution in [2.24, 2.45) is 0 Å². The van der Waals surface area contributed by atoms with Gasteiger partial charge in [-0.15, -0.1) is 0 Å². The monoisotopic (exact) mass is 160 g/mol. The second kappa shape index (κ2) is 4.94. The highest BCUT2D eigenvalue weighted by atomic mass is 16.5. The Bertz CT molecular complexity index is 295. The van der Waals surface area contributed by atoms with Crippen molar-refractivity contribution in [2.45, 2.75) is 0 Å². The average molecular weight is 160 g/mol. The highest BCUT2D eigenvalue weighted by Gasteiger charge is 1.80. The molecule has 0 aliphatic rings. The van der Waals surface area contributed by atoms with E-state index in [9.17, 15) is 4.79 Å². The lowest BCUT2D eigenvalue weighted by Crippen LogP contribution is -1.69. The lowest BCUT2D eigenvalue weighted by atomic mass is 10.2. The van der Waals surface area contributed by atoms with E-state index < -0.39 is 0 Å². The molecule has 0 saturated heterocycles. The summed E-state index contributed by atoms with van der Waals surface area (Å²) in [5.74, 6) is 1.51. The summed E-state index contributed by atoms with van der Waals surface area (Å²) in [5.41, 5.74) is 1.02. The fourth-order valence-electron chi connectivity index (χ4n) is 0.749. The van der Waals surface area contributed by atoms with E-state index in [-0.39, 0.29) is 0 Å². The quantitative estimate of drug-likeness (QED) is 0.499. The highest BCUT2D eigenvalue weighted by Crippen LogP contribution is 2.00. The van der Waals surface area contributed by atoms with Crippen molar-refractivity contribution < 1.29 is 9.53 Å². The van der Waals surface area contributed by atoms with Gasteiger partial charge < -0.3 is 4.74 Å². The zero-order chi connectivity index (χ0) is 8.65. The normalized spacial score (nSPS) is 9.33. The highest BCUT2D eigenvalue weighted by molar-refractivity contribution is 5.48. The SMILES string of the molecule is O=C=COC=Cc1ccccc1. The number of benzene rings is 1. The topological polar surface area (TPSA) is 26.3 Å². The molecule has 0 unspecified atom stereocenters. The molecule has 1 rings (SSSR count). The van der Waals surface area contributed by atoms with Crippen molar-refractivity contribution in [2.75, 3.05) is 0 Å². The zero-order valence-electron chi connectivity index (χ0n) is 6.44. The van der Waals surface area contributed by atoms with Gasteiger partial charge in [0.2, 0.25) is 0 Å². The van der Waals surface area contributed by atoms with Crippen molar-refractivity contribution in [3.05, 3.63) is 48.4 Å². The van der Waals surface area contributed by atoms with Gasteiger partial charge in [-0.3, -0.25) is 0 Å². The molecule has 2 nitrogen and oxygen atoms in total. The Kier molecular flexibility index (Phi) is 3.42. The maximum Gasteiger partial charge on any atom is 0.173 e.